The van der Waals surface area contributed by atoms with E-state index in [2.05, 4.69) is 9.97 Å². The van der Waals surface area contributed by atoms with Crippen LogP contribution in [0.2, 0.25) is 5.02 Å². The molecule has 2 rings (SSSR count). The lowest BCUT2D eigenvalue weighted by molar-refractivity contribution is 0.439. The number of halogens is 1. The van der Waals surface area contributed by atoms with Gasteiger partial charge in [-0.1, -0.05) is 23.7 Å². The van der Waals surface area contributed by atoms with Gasteiger partial charge >= 0.3 is 6.01 Å². The molecule has 4 nitrogen and oxygen atoms in total. The third-order valence-electron chi connectivity index (χ3n) is 1.94. The van der Waals surface area contributed by atoms with Crippen molar-refractivity contribution in [2.24, 2.45) is 5.73 Å². The zero-order valence-corrected chi connectivity index (χ0v) is 9.19. The van der Waals surface area contributed by atoms with Crippen molar-refractivity contribution in [3.63, 3.8) is 0 Å². The van der Waals surface area contributed by atoms with E-state index >= 15 is 0 Å². The van der Waals surface area contributed by atoms with Gasteiger partial charge in [-0.3, -0.25) is 0 Å². The summed E-state index contributed by atoms with van der Waals surface area (Å²) in [7, 11) is 0. The smallest absolute Gasteiger partial charge is 0.322 e. The number of hydrogen-bond donors (Lipinski definition) is 1. The minimum absolute atomic E-state index is 0.246. The first-order valence-corrected chi connectivity index (χ1v) is 5.12. The van der Waals surface area contributed by atoms with Crippen LogP contribution in [0.5, 0.6) is 11.8 Å². The second kappa shape index (κ2) is 4.92. The van der Waals surface area contributed by atoms with Crippen molar-refractivity contribution in [2.75, 3.05) is 0 Å². The number of ether oxygens (including phenoxy) is 1. The Kier molecular flexibility index (Phi) is 3.34. The number of para-hydroxylation sites is 1. The summed E-state index contributed by atoms with van der Waals surface area (Å²) < 4.78 is 5.44. The van der Waals surface area contributed by atoms with Crippen LogP contribution in [0.25, 0.3) is 0 Å². The van der Waals surface area contributed by atoms with Gasteiger partial charge in [0.25, 0.3) is 0 Å². The van der Waals surface area contributed by atoms with E-state index in [9.17, 15) is 0 Å². The standard InChI is InChI=1S/C11H10ClN3O/c12-9-3-1-2-4-10(9)16-11-14-6-5-8(7-13)15-11/h1-6H,7,13H2. The summed E-state index contributed by atoms with van der Waals surface area (Å²) in [6.45, 7) is 0.349. The van der Waals surface area contributed by atoms with Crippen molar-refractivity contribution < 1.29 is 4.74 Å². The molecule has 0 saturated heterocycles. The quantitative estimate of drug-likeness (QED) is 0.887. The lowest BCUT2D eigenvalue weighted by Gasteiger charge is -2.05. The molecule has 0 bridgehead atoms. The van der Waals surface area contributed by atoms with Crippen molar-refractivity contribution in [2.45, 2.75) is 6.54 Å². The fourth-order valence-electron chi connectivity index (χ4n) is 1.16. The highest BCUT2D eigenvalue weighted by Gasteiger charge is 2.04. The van der Waals surface area contributed by atoms with E-state index in [0.29, 0.717) is 17.3 Å². The van der Waals surface area contributed by atoms with Crippen LogP contribution in [0.15, 0.2) is 36.5 Å². The van der Waals surface area contributed by atoms with Gasteiger partial charge < -0.3 is 10.5 Å². The summed E-state index contributed by atoms with van der Waals surface area (Å²) in [5.74, 6) is 0.526. The summed E-state index contributed by atoms with van der Waals surface area (Å²) in [5, 5.41) is 0.518. The first-order valence-electron chi connectivity index (χ1n) is 4.74. The van der Waals surface area contributed by atoms with E-state index < -0.39 is 0 Å². The largest absolute Gasteiger partial charge is 0.423 e. The summed E-state index contributed by atoms with van der Waals surface area (Å²) in [6.07, 6.45) is 1.60. The third kappa shape index (κ3) is 2.48. The molecule has 0 aliphatic heterocycles. The molecule has 0 unspecified atom stereocenters. The van der Waals surface area contributed by atoms with Gasteiger partial charge in [0, 0.05) is 12.7 Å². The van der Waals surface area contributed by atoms with E-state index in [4.69, 9.17) is 22.1 Å². The van der Waals surface area contributed by atoms with Crippen molar-refractivity contribution in [3.05, 3.63) is 47.2 Å². The van der Waals surface area contributed by atoms with E-state index in [1.807, 2.05) is 12.1 Å². The van der Waals surface area contributed by atoms with Crippen molar-refractivity contribution >= 4 is 11.6 Å². The van der Waals surface area contributed by atoms with Gasteiger partial charge in [0.05, 0.1) is 10.7 Å². The Balaban J connectivity index is 2.24. The maximum absolute atomic E-state index is 5.94. The fraction of sp³-hybridized carbons (Fsp3) is 0.0909. The molecule has 0 fully saturated rings. The molecule has 0 aliphatic rings. The van der Waals surface area contributed by atoms with Crippen molar-refractivity contribution in [1.82, 2.24) is 9.97 Å². The number of nitrogens with zero attached hydrogens (tertiary/aromatic N) is 2. The summed E-state index contributed by atoms with van der Waals surface area (Å²) in [5.41, 5.74) is 6.19. The van der Waals surface area contributed by atoms with Gasteiger partial charge in [-0.15, -0.1) is 0 Å². The first-order chi connectivity index (χ1) is 7.79. The highest BCUT2D eigenvalue weighted by molar-refractivity contribution is 6.32. The minimum Gasteiger partial charge on any atom is -0.423 e. The van der Waals surface area contributed by atoms with Crippen LogP contribution in [-0.2, 0) is 6.54 Å². The highest BCUT2D eigenvalue weighted by Crippen LogP contribution is 2.26. The summed E-state index contributed by atoms with van der Waals surface area (Å²) >= 11 is 5.94. The van der Waals surface area contributed by atoms with Gasteiger partial charge in [0.1, 0.15) is 5.75 Å². The Morgan fingerprint density at radius 3 is 2.81 bits per heavy atom. The Labute approximate surface area is 98.0 Å². The summed E-state index contributed by atoms with van der Waals surface area (Å²) in [4.78, 5) is 8.09. The van der Waals surface area contributed by atoms with E-state index in [1.54, 1.807) is 24.4 Å². The predicted octanol–water partition coefficient (Wildman–Crippen LogP) is 2.38. The zero-order chi connectivity index (χ0) is 11.4. The first kappa shape index (κ1) is 10.9. The Morgan fingerprint density at radius 1 is 1.25 bits per heavy atom. The zero-order valence-electron chi connectivity index (χ0n) is 8.43. The molecule has 0 amide bonds. The van der Waals surface area contributed by atoms with Gasteiger partial charge in [-0.25, -0.2) is 4.98 Å². The molecule has 1 aromatic carbocycles. The predicted molar refractivity (Wildman–Crippen MR) is 61.4 cm³/mol. The number of nitrogens with two attached hydrogens (primary N) is 1. The molecule has 0 radical (unpaired) electrons. The topological polar surface area (TPSA) is 61.0 Å². The molecule has 0 saturated carbocycles. The number of benzene rings is 1. The van der Waals surface area contributed by atoms with E-state index in [-0.39, 0.29) is 6.01 Å². The number of aromatic nitrogens is 2. The normalized spacial score (nSPS) is 10.1. The molecule has 82 valence electrons. The van der Waals surface area contributed by atoms with Crippen molar-refractivity contribution in [3.8, 4) is 11.8 Å². The molecule has 0 aliphatic carbocycles. The third-order valence-corrected chi connectivity index (χ3v) is 2.25. The second-order valence-electron chi connectivity index (χ2n) is 3.07. The van der Waals surface area contributed by atoms with Crippen LogP contribution in [0.4, 0.5) is 0 Å². The SMILES string of the molecule is NCc1ccnc(Oc2ccccc2Cl)n1. The Hall–Kier alpha value is -1.65. The molecule has 5 heteroatoms. The van der Waals surface area contributed by atoms with Crippen LogP contribution in [0.3, 0.4) is 0 Å². The lowest BCUT2D eigenvalue weighted by atomic mass is 10.3. The van der Waals surface area contributed by atoms with Gasteiger partial charge in [0.2, 0.25) is 0 Å². The van der Waals surface area contributed by atoms with Crippen molar-refractivity contribution in [1.29, 1.82) is 0 Å². The van der Waals surface area contributed by atoms with Crippen LogP contribution in [0, 0.1) is 0 Å². The van der Waals surface area contributed by atoms with Crippen LogP contribution < -0.4 is 10.5 Å². The average molecular weight is 236 g/mol. The van der Waals surface area contributed by atoms with Gasteiger partial charge in [0.15, 0.2) is 0 Å². The van der Waals surface area contributed by atoms with Crippen LogP contribution in [-0.4, -0.2) is 9.97 Å². The van der Waals surface area contributed by atoms with E-state index in [1.165, 1.54) is 0 Å². The maximum atomic E-state index is 5.94. The van der Waals surface area contributed by atoms with Crippen LogP contribution >= 0.6 is 11.6 Å². The molecule has 1 aromatic heterocycles. The Bertz CT molecular complexity index is 490. The molecule has 16 heavy (non-hydrogen) atoms. The molecule has 0 atom stereocenters. The highest BCUT2D eigenvalue weighted by atomic mass is 35.5. The minimum atomic E-state index is 0.246. The van der Waals surface area contributed by atoms with Crippen LogP contribution in [0.1, 0.15) is 5.69 Å². The number of rotatable bonds is 3. The molecule has 0 spiro atoms. The molecular weight excluding hydrogens is 226 g/mol. The average Bonchev–Trinajstić information content (AvgIpc) is 2.32. The van der Waals surface area contributed by atoms with Gasteiger partial charge in [-0.2, -0.15) is 4.98 Å². The van der Waals surface area contributed by atoms with E-state index in [0.717, 1.165) is 5.69 Å². The molecular formula is C11H10ClN3O. The Morgan fingerprint density at radius 2 is 2.06 bits per heavy atom. The molecule has 2 aromatic rings. The maximum Gasteiger partial charge on any atom is 0.322 e. The second-order valence-corrected chi connectivity index (χ2v) is 3.47. The lowest BCUT2D eigenvalue weighted by Crippen LogP contribution is -2.01. The number of hydrogen-bond acceptors (Lipinski definition) is 4. The van der Waals surface area contributed by atoms with Gasteiger partial charge in [-0.05, 0) is 18.2 Å². The molecule has 1 heterocycles. The fourth-order valence-corrected chi connectivity index (χ4v) is 1.34. The molecule has 2 N–H and O–H groups in total. The monoisotopic (exact) mass is 235 g/mol. The summed E-state index contributed by atoms with van der Waals surface area (Å²) in [6, 6.07) is 9.13.